The van der Waals surface area contributed by atoms with Gasteiger partial charge in [0.25, 0.3) is 0 Å². The van der Waals surface area contributed by atoms with Crippen LogP contribution in [-0.2, 0) is 10.3 Å². The molecule has 1 aliphatic rings. The molecule has 2 aromatic carbocycles. The second kappa shape index (κ2) is 5.65. The van der Waals surface area contributed by atoms with Crippen LogP contribution < -0.4 is 4.74 Å². The van der Waals surface area contributed by atoms with Crippen LogP contribution in [0.4, 0.5) is 0 Å². The minimum Gasteiger partial charge on any atom is -0.507 e. The molecule has 0 amide bonds. The van der Waals surface area contributed by atoms with Gasteiger partial charge in [0, 0.05) is 5.56 Å². The van der Waals surface area contributed by atoms with Crippen molar-refractivity contribution in [3.05, 3.63) is 53.3 Å². The molecule has 120 valence electrons. The van der Waals surface area contributed by atoms with Crippen molar-refractivity contribution in [3.8, 4) is 22.6 Å². The normalized spacial score (nSPS) is 15.0. The third kappa shape index (κ3) is 2.79. The molecule has 3 nitrogen and oxygen atoms in total. The smallest absolute Gasteiger partial charge is 0.132 e. The van der Waals surface area contributed by atoms with Crippen molar-refractivity contribution in [1.82, 2.24) is 0 Å². The highest BCUT2D eigenvalue weighted by Gasteiger charge is 2.34. The predicted octanol–water partition coefficient (Wildman–Crippen LogP) is 5.00. The summed E-state index contributed by atoms with van der Waals surface area (Å²) >= 11 is 0. The molecule has 0 bridgehead atoms. The average molecular weight is 310 g/mol. The Labute approximate surface area is 137 Å². The van der Waals surface area contributed by atoms with Gasteiger partial charge in [-0.25, -0.2) is 0 Å². The first kappa shape index (κ1) is 15.5. The Bertz CT molecular complexity index is 773. The van der Waals surface area contributed by atoms with Crippen LogP contribution >= 0.6 is 0 Å². The summed E-state index contributed by atoms with van der Waals surface area (Å²) in [7, 11) is 0. The minimum absolute atomic E-state index is 0.223. The zero-order valence-electron chi connectivity index (χ0n) is 14.0. The van der Waals surface area contributed by atoms with Gasteiger partial charge < -0.3 is 14.6 Å². The van der Waals surface area contributed by atoms with E-state index in [0.717, 1.165) is 27.8 Å². The Morgan fingerprint density at radius 3 is 2.74 bits per heavy atom. The Hall–Kier alpha value is -2.42. The SMILES string of the molecule is CCO/C=C/c1cc(O)c2c(c1)OC(C)(C)c1ccc(C)cc1-2. The summed E-state index contributed by atoms with van der Waals surface area (Å²) < 4.78 is 11.4. The quantitative estimate of drug-likeness (QED) is 0.811. The minimum atomic E-state index is -0.440. The second-order valence-electron chi connectivity index (χ2n) is 6.33. The van der Waals surface area contributed by atoms with Gasteiger partial charge in [-0.2, -0.15) is 0 Å². The molecule has 0 spiro atoms. The molecular formula is C20H22O3. The van der Waals surface area contributed by atoms with E-state index in [4.69, 9.17) is 9.47 Å². The molecule has 1 heterocycles. The van der Waals surface area contributed by atoms with Crippen molar-refractivity contribution in [1.29, 1.82) is 0 Å². The molecule has 0 atom stereocenters. The number of aryl methyl sites for hydroxylation is 1. The molecule has 1 aliphatic heterocycles. The highest BCUT2D eigenvalue weighted by Crippen LogP contribution is 2.49. The van der Waals surface area contributed by atoms with Crippen molar-refractivity contribution < 1.29 is 14.6 Å². The van der Waals surface area contributed by atoms with Gasteiger partial charge in [0.15, 0.2) is 0 Å². The fourth-order valence-electron chi connectivity index (χ4n) is 3.01. The van der Waals surface area contributed by atoms with Crippen molar-refractivity contribution in [2.75, 3.05) is 6.61 Å². The third-order valence-corrected chi connectivity index (χ3v) is 4.09. The first-order valence-corrected chi connectivity index (χ1v) is 7.88. The van der Waals surface area contributed by atoms with E-state index in [1.165, 1.54) is 0 Å². The van der Waals surface area contributed by atoms with E-state index in [1.807, 2.05) is 32.9 Å². The monoisotopic (exact) mass is 310 g/mol. The molecule has 23 heavy (non-hydrogen) atoms. The molecular weight excluding hydrogens is 288 g/mol. The van der Waals surface area contributed by atoms with E-state index in [1.54, 1.807) is 12.3 Å². The fourth-order valence-corrected chi connectivity index (χ4v) is 3.01. The van der Waals surface area contributed by atoms with Crippen LogP contribution in [0.5, 0.6) is 11.5 Å². The maximum absolute atomic E-state index is 10.5. The molecule has 0 aliphatic carbocycles. The van der Waals surface area contributed by atoms with Gasteiger partial charge in [0.05, 0.1) is 18.4 Å². The van der Waals surface area contributed by atoms with Crippen LogP contribution in [0.25, 0.3) is 17.2 Å². The van der Waals surface area contributed by atoms with E-state index in [2.05, 4.69) is 25.1 Å². The Balaban J connectivity index is 2.16. The summed E-state index contributed by atoms with van der Waals surface area (Å²) in [6.45, 7) is 8.69. The Morgan fingerprint density at radius 2 is 2.00 bits per heavy atom. The lowest BCUT2D eigenvalue weighted by molar-refractivity contribution is 0.105. The number of phenolic OH excluding ortho intramolecular Hbond substituents is 1. The Kier molecular flexibility index (Phi) is 3.80. The van der Waals surface area contributed by atoms with Crippen LogP contribution in [0.2, 0.25) is 0 Å². The maximum atomic E-state index is 10.5. The number of ether oxygens (including phenoxy) is 2. The Morgan fingerprint density at radius 1 is 1.22 bits per heavy atom. The summed E-state index contributed by atoms with van der Waals surface area (Å²) in [6.07, 6.45) is 3.46. The van der Waals surface area contributed by atoms with Crippen LogP contribution in [0, 0.1) is 6.92 Å². The highest BCUT2D eigenvalue weighted by atomic mass is 16.5. The van der Waals surface area contributed by atoms with Crippen LogP contribution in [0.3, 0.4) is 0 Å². The molecule has 0 saturated carbocycles. The van der Waals surface area contributed by atoms with Gasteiger partial charge >= 0.3 is 0 Å². The third-order valence-electron chi connectivity index (χ3n) is 4.09. The van der Waals surface area contributed by atoms with Crippen LogP contribution in [-0.4, -0.2) is 11.7 Å². The van der Waals surface area contributed by atoms with Crippen molar-refractivity contribution in [2.24, 2.45) is 0 Å². The van der Waals surface area contributed by atoms with E-state index in [-0.39, 0.29) is 5.75 Å². The number of fused-ring (bicyclic) bond motifs is 3. The number of aromatic hydroxyl groups is 1. The molecule has 0 aromatic heterocycles. The van der Waals surface area contributed by atoms with Crippen LogP contribution in [0.15, 0.2) is 36.6 Å². The summed E-state index contributed by atoms with van der Waals surface area (Å²) in [5, 5.41) is 10.5. The molecule has 3 rings (SSSR count). The topological polar surface area (TPSA) is 38.7 Å². The lowest BCUT2D eigenvalue weighted by atomic mass is 9.84. The van der Waals surface area contributed by atoms with E-state index in [0.29, 0.717) is 12.4 Å². The lowest BCUT2D eigenvalue weighted by Gasteiger charge is -2.35. The van der Waals surface area contributed by atoms with E-state index in [9.17, 15) is 5.11 Å². The average Bonchev–Trinajstić information content (AvgIpc) is 2.46. The molecule has 0 fully saturated rings. The van der Waals surface area contributed by atoms with Crippen molar-refractivity contribution >= 4 is 6.08 Å². The summed E-state index contributed by atoms with van der Waals surface area (Å²) in [4.78, 5) is 0. The molecule has 1 N–H and O–H groups in total. The summed E-state index contributed by atoms with van der Waals surface area (Å²) in [5.74, 6) is 0.922. The van der Waals surface area contributed by atoms with Gasteiger partial charge in [0.2, 0.25) is 0 Å². The van der Waals surface area contributed by atoms with Crippen LogP contribution in [0.1, 0.15) is 37.5 Å². The number of rotatable bonds is 3. The number of hydrogen-bond donors (Lipinski definition) is 1. The molecule has 3 heteroatoms. The van der Waals surface area contributed by atoms with Crippen molar-refractivity contribution in [2.45, 2.75) is 33.3 Å². The first-order valence-electron chi connectivity index (χ1n) is 7.88. The zero-order valence-corrected chi connectivity index (χ0v) is 14.0. The van der Waals surface area contributed by atoms with Gasteiger partial charge in [0.1, 0.15) is 17.1 Å². The highest BCUT2D eigenvalue weighted by molar-refractivity contribution is 5.83. The largest absolute Gasteiger partial charge is 0.507 e. The summed E-state index contributed by atoms with van der Waals surface area (Å²) in [5.41, 5.74) is 4.45. The van der Waals surface area contributed by atoms with Gasteiger partial charge in [-0.3, -0.25) is 0 Å². The number of hydrogen-bond acceptors (Lipinski definition) is 3. The standard InChI is InChI=1S/C20H22O3/c1-5-22-9-8-14-11-17(21)19-15-10-13(2)6-7-16(15)20(3,4)23-18(19)12-14/h6-12,21H,5H2,1-4H3/b9-8+. The summed E-state index contributed by atoms with van der Waals surface area (Å²) in [6, 6.07) is 9.94. The van der Waals surface area contributed by atoms with E-state index < -0.39 is 5.60 Å². The predicted molar refractivity (Wildman–Crippen MR) is 92.6 cm³/mol. The molecule has 0 saturated heterocycles. The lowest BCUT2D eigenvalue weighted by Crippen LogP contribution is -2.29. The van der Waals surface area contributed by atoms with E-state index >= 15 is 0 Å². The molecule has 2 aromatic rings. The molecule has 0 radical (unpaired) electrons. The van der Waals surface area contributed by atoms with Gasteiger partial charge in [-0.1, -0.05) is 23.8 Å². The first-order chi connectivity index (χ1) is 10.9. The number of benzene rings is 2. The number of phenols is 1. The van der Waals surface area contributed by atoms with Gasteiger partial charge in [-0.05, 0) is 57.0 Å². The molecule has 0 unspecified atom stereocenters. The van der Waals surface area contributed by atoms with Crippen molar-refractivity contribution in [3.63, 3.8) is 0 Å². The zero-order chi connectivity index (χ0) is 16.6. The maximum Gasteiger partial charge on any atom is 0.132 e. The second-order valence-corrected chi connectivity index (χ2v) is 6.33. The van der Waals surface area contributed by atoms with Gasteiger partial charge in [-0.15, -0.1) is 0 Å². The fraction of sp³-hybridized carbons (Fsp3) is 0.300.